The zero-order chi connectivity index (χ0) is 13.1. The number of rotatable bonds is 4. The lowest BCUT2D eigenvalue weighted by Gasteiger charge is -2.25. The van der Waals surface area contributed by atoms with Crippen LogP contribution in [0.1, 0.15) is 22.6 Å². The number of aromatic nitrogens is 1. The summed E-state index contributed by atoms with van der Waals surface area (Å²) < 4.78 is 1.20. The lowest BCUT2D eigenvalue weighted by molar-refractivity contribution is 0.461. The van der Waals surface area contributed by atoms with Crippen molar-refractivity contribution in [1.29, 1.82) is 0 Å². The van der Waals surface area contributed by atoms with Crippen LogP contribution < -0.4 is 5.32 Å². The van der Waals surface area contributed by atoms with Gasteiger partial charge in [-0.2, -0.15) is 0 Å². The summed E-state index contributed by atoms with van der Waals surface area (Å²) in [5.41, 5.74) is 3.01. The first-order valence-electron chi connectivity index (χ1n) is 6.70. The molecular weight excluding hydrogens is 320 g/mol. The minimum atomic E-state index is 0.619. The highest BCUT2D eigenvalue weighted by atomic mass is 79.9. The second kappa shape index (κ2) is 6.16. The van der Waals surface area contributed by atoms with E-state index in [4.69, 9.17) is 0 Å². The number of nitrogens with one attached hydrogen (secondary N) is 1. The highest BCUT2D eigenvalue weighted by Crippen LogP contribution is 2.24. The van der Waals surface area contributed by atoms with Gasteiger partial charge in [0.2, 0.25) is 0 Å². The Balaban J connectivity index is 1.53. The molecule has 1 heterocycles. The number of benzene rings is 1. The summed E-state index contributed by atoms with van der Waals surface area (Å²) >= 11 is 5.29. The Hall–Kier alpha value is -0.710. The summed E-state index contributed by atoms with van der Waals surface area (Å²) in [7, 11) is 0. The first-order chi connectivity index (χ1) is 9.31. The van der Waals surface area contributed by atoms with Crippen LogP contribution in [0.15, 0.2) is 34.2 Å². The van der Waals surface area contributed by atoms with Crippen LogP contribution >= 0.6 is 27.3 Å². The molecule has 0 aliphatic heterocycles. The molecule has 1 atom stereocenters. The van der Waals surface area contributed by atoms with Gasteiger partial charge >= 0.3 is 0 Å². The van der Waals surface area contributed by atoms with Crippen molar-refractivity contribution in [2.75, 3.05) is 6.54 Å². The molecule has 0 spiro atoms. The maximum atomic E-state index is 4.32. The lowest BCUT2D eigenvalue weighted by Crippen LogP contribution is -2.35. The Morgan fingerprint density at radius 1 is 1.37 bits per heavy atom. The molecular formula is C15H17BrN2S. The predicted octanol–water partition coefficient (Wildman–Crippen LogP) is 3.60. The van der Waals surface area contributed by atoms with E-state index in [0.29, 0.717) is 6.04 Å². The highest BCUT2D eigenvalue weighted by Gasteiger charge is 2.18. The van der Waals surface area contributed by atoms with E-state index in [2.05, 4.69) is 44.4 Å². The molecule has 1 aliphatic carbocycles. The molecule has 0 bridgehead atoms. The van der Waals surface area contributed by atoms with Crippen molar-refractivity contribution in [3.8, 4) is 0 Å². The van der Waals surface area contributed by atoms with E-state index in [1.165, 1.54) is 33.4 Å². The van der Waals surface area contributed by atoms with Crippen molar-refractivity contribution in [1.82, 2.24) is 10.3 Å². The summed E-state index contributed by atoms with van der Waals surface area (Å²) in [6.07, 6.45) is 6.50. The van der Waals surface area contributed by atoms with Crippen molar-refractivity contribution in [3.63, 3.8) is 0 Å². The number of hydrogen-bond acceptors (Lipinski definition) is 3. The van der Waals surface area contributed by atoms with Gasteiger partial charge in [0.25, 0.3) is 0 Å². The van der Waals surface area contributed by atoms with Crippen LogP contribution in [-0.4, -0.2) is 17.6 Å². The smallest absolute Gasteiger partial charge is 0.0937 e. The molecule has 3 rings (SSSR count). The number of hydrogen-bond donors (Lipinski definition) is 1. The quantitative estimate of drug-likeness (QED) is 0.922. The van der Waals surface area contributed by atoms with Gasteiger partial charge < -0.3 is 5.32 Å². The van der Waals surface area contributed by atoms with Crippen LogP contribution in [0.3, 0.4) is 0 Å². The van der Waals surface area contributed by atoms with Gasteiger partial charge in [0.1, 0.15) is 0 Å². The Labute approximate surface area is 126 Å². The minimum absolute atomic E-state index is 0.619. The second-order valence-electron chi connectivity index (χ2n) is 4.98. The molecule has 0 saturated heterocycles. The van der Waals surface area contributed by atoms with Crippen LogP contribution in [0.4, 0.5) is 0 Å². The average Bonchev–Trinajstić information content (AvgIpc) is 2.92. The topological polar surface area (TPSA) is 24.9 Å². The fourth-order valence-corrected chi connectivity index (χ4v) is 3.69. The van der Waals surface area contributed by atoms with Gasteiger partial charge in [-0.1, -0.05) is 22.0 Å². The maximum absolute atomic E-state index is 4.32. The van der Waals surface area contributed by atoms with Crippen LogP contribution in [0, 0.1) is 0 Å². The summed E-state index contributed by atoms with van der Waals surface area (Å²) in [4.78, 5) is 4.32. The van der Waals surface area contributed by atoms with Crippen molar-refractivity contribution >= 4 is 27.3 Å². The molecule has 1 N–H and O–H groups in total. The first-order valence-corrected chi connectivity index (χ1v) is 8.37. The third-order valence-electron chi connectivity index (χ3n) is 3.65. The van der Waals surface area contributed by atoms with Crippen LogP contribution in [0.2, 0.25) is 0 Å². The van der Waals surface area contributed by atoms with Gasteiger partial charge in [-0.25, -0.2) is 4.98 Å². The molecule has 2 nitrogen and oxygen atoms in total. The summed E-state index contributed by atoms with van der Waals surface area (Å²) in [5.74, 6) is 0. The van der Waals surface area contributed by atoms with Crippen LogP contribution in [0.5, 0.6) is 0 Å². The molecule has 1 aromatic heterocycles. The molecule has 100 valence electrons. The van der Waals surface area contributed by atoms with Crippen molar-refractivity contribution in [2.45, 2.75) is 31.7 Å². The van der Waals surface area contributed by atoms with Crippen molar-refractivity contribution in [2.24, 2.45) is 0 Å². The Bertz CT molecular complexity index is 539. The van der Waals surface area contributed by atoms with Gasteiger partial charge in [-0.05, 0) is 42.5 Å². The van der Waals surface area contributed by atoms with Crippen molar-refractivity contribution < 1.29 is 0 Å². The zero-order valence-electron chi connectivity index (χ0n) is 10.7. The van der Waals surface area contributed by atoms with E-state index in [0.717, 1.165) is 19.4 Å². The third kappa shape index (κ3) is 3.44. The number of aryl methyl sites for hydroxylation is 1. The number of nitrogens with zero attached hydrogens (tertiary/aromatic N) is 1. The van der Waals surface area contributed by atoms with Gasteiger partial charge in [0.05, 0.1) is 5.01 Å². The van der Waals surface area contributed by atoms with E-state index >= 15 is 0 Å². The maximum Gasteiger partial charge on any atom is 0.0937 e. The molecule has 4 heteroatoms. The molecule has 0 unspecified atom stereocenters. The highest BCUT2D eigenvalue weighted by molar-refractivity contribution is 9.10. The van der Waals surface area contributed by atoms with E-state index in [-0.39, 0.29) is 0 Å². The van der Waals surface area contributed by atoms with E-state index in [9.17, 15) is 0 Å². The first kappa shape index (κ1) is 13.3. The molecule has 0 saturated carbocycles. The Morgan fingerprint density at radius 3 is 3.16 bits per heavy atom. The Morgan fingerprint density at radius 2 is 2.32 bits per heavy atom. The normalized spacial score (nSPS) is 18.3. The van der Waals surface area contributed by atoms with Gasteiger partial charge in [0.15, 0.2) is 0 Å². The minimum Gasteiger partial charge on any atom is -0.313 e. The average molecular weight is 337 g/mol. The summed E-state index contributed by atoms with van der Waals surface area (Å²) in [5, 5.41) is 6.95. The molecule has 19 heavy (non-hydrogen) atoms. The fourth-order valence-electron chi connectivity index (χ4n) is 2.66. The summed E-state index contributed by atoms with van der Waals surface area (Å²) in [6, 6.07) is 7.29. The number of fused-ring (bicyclic) bond motifs is 1. The van der Waals surface area contributed by atoms with Crippen LogP contribution in [-0.2, 0) is 19.3 Å². The largest absolute Gasteiger partial charge is 0.313 e. The monoisotopic (exact) mass is 336 g/mol. The molecule has 0 radical (unpaired) electrons. The van der Waals surface area contributed by atoms with E-state index < -0.39 is 0 Å². The third-order valence-corrected chi connectivity index (χ3v) is 4.98. The van der Waals surface area contributed by atoms with E-state index in [1.54, 1.807) is 11.3 Å². The van der Waals surface area contributed by atoms with E-state index in [1.807, 2.05) is 11.6 Å². The van der Waals surface area contributed by atoms with Gasteiger partial charge in [-0.15, -0.1) is 11.3 Å². The molecule has 2 aromatic rings. The number of thiazole rings is 1. The molecule has 0 amide bonds. The predicted molar refractivity (Wildman–Crippen MR) is 83.8 cm³/mol. The van der Waals surface area contributed by atoms with Gasteiger partial charge in [0, 0.05) is 35.1 Å². The molecule has 0 fully saturated rings. The Kier molecular flexibility index (Phi) is 4.31. The SMILES string of the molecule is Brc1ccc2c(c1)CC[C@H](NCCc1nccs1)C2. The zero-order valence-corrected chi connectivity index (χ0v) is 13.1. The molecule has 1 aliphatic rings. The number of halogens is 1. The van der Waals surface area contributed by atoms with Crippen LogP contribution in [0.25, 0.3) is 0 Å². The standard InChI is InChI=1S/C15H17BrN2S/c16-13-3-1-12-10-14(4-2-11(12)9-13)17-6-5-15-18-7-8-19-15/h1,3,7-9,14,17H,2,4-6,10H2/t14-/m0/s1. The summed E-state index contributed by atoms with van der Waals surface area (Å²) in [6.45, 7) is 1.03. The van der Waals surface area contributed by atoms with Crippen molar-refractivity contribution in [3.05, 3.63) is 50.4 Å². The second-order valence-corrected chi connectivity index (χ2v) is 6.88. The molecule has 1 aromatic carbocycles. The lowest BCUT2D eigenvalue weighted by atomic mass is 9.88. The fraction of sp³-hybridized carbons (Fsp3) is 0.400. The van der Waals surface area contributed by atoms with Gasteiger partial charge in [-0.3, -0.25) is 0 Å².